The minimum Gasteiger partial charge on any atom is -0.496 e. The van der Waals surface area contributed by atoms with Gasteiger partial charge in [-0.25, -0.2) is 9.97 Å². The van der Waals surface area contributed by atoms with Crippen LogP contribution in [0.2, 0.25) is 0 Å². The van der Waals surface area contributed by atoms with Crippen LogP contribution in [0.15, 0.2) is 48.5 Å². The van der Waals surface area contributed by atoms with Crippen LogP contribution in [0.3, 0.4) is 0 Å². The minimum atomic E-state index is -0.0351. The molecule has 1 heterocycles. The van der Waals surface area contributed by atoms with Gasteiger partial charge in [-0.3, -0.25) is 0 Å². The first kappa shape index (κ1) is 16.9. The highest BCUT2D eigenvalue weighted by Crippen LogP contribution is 2.38. The fourth-order valence-corrected chi connectivity index (χ4v) is 2.65. The predicted molar refractivity (Wildman–Crippen MR) is 95.4 cm³/mol. The van der Waals surface area contributed by atoms with Gasteiger partial charge >= 0.3 is 0 Å². The summed E-state index contributed by atoms with van der Waals surface area (Å²) in [5.41, 5.74) is 2.16. The SMILES string of the molecule is COc1ccccc1-c1nc(C#N)c(C#N)nc1-c1ccccc1OC. The maximum absolute atomic E-state index is 9.35. The van der Waals surface area contributed by atoms with Crippen LogP contribution in [0.5, 0.6) is 11.5 Å². The Labute approximate surface area is 150 Å². The Balaban J connectivity index is 2.40. The van der Waals surface area contributed by atoms with Crippen molar-refractivity contribution in [2.45, 2.75) is 0 Å². The number of benzene rings is 2. The molecular formula is C20H14N4O2. The van der Waals surface area contributed by atoms with Crippen LogP contribution < -0.4 is 9.47 Å². The van der Waals surface area contributed by atoms with Crippen molar-refractivity contribution in [3.05, 3.63) is 59.9 Å². The van der Waals surface area contributed by atoms with Gasteiger partial charge in [-0.1, -0.05) is 24.3 Å². The van der Waals surface area contributed by atoms with E-state index in [0.717, 1.165) is 0 Å². The van der Waals surface area contributed by atoms with Crippen LogP contribution in [-0.2, 0) is 0 Å². The summed E-state index contributed by atoms with van der Waals surface area (Å²) in [6.45, 7) is 0. The quantitative estimate of drug-likeness (QED) is 0.720. The van der Waals surface area contributed by atoms with Crippen LogP contribution in [0.1, 0.15) is 11.4 Å². The van der Waals surface area contributed by atoms with Crippen molar-refractivity contribution in [1.82, 2.24) is 9.97 Å². The first-order valence-electron chi connectivity index (χ1n) is 7.72. The van der Waals surface area contributed by atoms with E-state index in [4.69, 9.17) is 9.47 Å². The van der Waals surface area contributed by atoms with E-state index >= 15 is 0 Å². The highest BCUT2D eigenvalue weighted by atomic mass is 16.5. The number of rotatable bonds is 4. The number of ether oxygens (including phenoxy) is 2. The number of nitriles is 2. The van der Waals surface area contributed by atoms with Gasteiger partial charge in [-0.2, -0.15) is 10.5 Å². The lowest BCUT2D eigenvalue weighted by atomic mass is 10.0. The molecule has 2 aromatic carbocycles. The first-order chi connectivity index (χ1) is 12.7. The summed E-state index contributed by atoms with van der Waals surface area (Å²) < 4.78 is 10.9. The molecule has 0 radical (unpaired) electrons. The summed E-state index contributed by atoms with van der Waals surface area (Å²) >= 11 is 0. The Morgan fingerprint density at radius 2 is 1.08 bits per heavy atom. The van der Waals surface area contributed by atoms with Crippen molar-refractivity contribution in [1.29, 1.82) is 10.5 Å². The van der Waals surface area contributed by atoms with Crippen molar-refractivity contribution < 1.29 is 9.47 Å². The maximum Gasteiger partial charge on any atom is 0.177 e. The normalized spacial score (nSPS) is 9.85. The number of para-hydroxylation sites is 2. The van der Waals surface area contributed by atoms with Crippen molar-refractivity contribution in [2.24, 2.45) is 0 Å². The third-order valence-electron chi connectivity index (χ3n) is 3.83. The molecule has 0 saturated heterocycles. The molecule has 126 valence electrons. The van der Waals surface area contributed by atoms with Gasteiger partial charge in [0.2, 0.25) is 0 Å². The van der Waals surface area contributed by atoms with Crippen LogP contribution in [0.4, 0.5) is 0 Å². The van der Waals surface area contributed by atoms with Gasteiger partial charge in [-0.05, 0) is 24.3 Å². The molecule has 6 heteroatoms. The molecular weight excluding hydrogens is 328 g/mol. The van der Waals surface area contributed by atoms with E-state index in [1.54, 1.807) is 26.4 Å². The highest BCUT2D eigenvalue weighted by molar-refractivity contribution is 5.84. The molecule has 0 aliphatic heterocycles. The van der Waals surface area contributed by atoms with Gasteiger partial charge in [0.25, 0.3) is 0 Å². The second-order valence-corrected chi connectivity index (χ2v) is 5.24. The third-order valence-corrected chi connectivity index (χ3v) is 3.83. The predicted octanol–water partition coefficient (Wildman–Crippen LogP) is 3.57. The van der Waals surface area contributed by atoms with Crippen molar-refractivity contribution in [2.75, 3.05) is 14.2 Å². The molecule has 0 amide bonds. The Bertz CT molecular complexity index is 964. The molecule has 6 nitrogen and oxygen atoms in total. The lowest BCUT2D eigenvalue weighted by Gasteiger charge is -2.14. The number of hydrogen-bond acceptors (Lipinski definition) is 6. The largest absolute Gasteiger partial charge is 0.496 e. The van der Waals surface area contributed by atoms with Crippen LogP contribution >= 0.6 is 0 Å². The summed E-state index contributed by atoms with van der Waals surface area (Å²) in [7, 11) is 3.12. The lowest BCUT2D eigenvalue weighted by molar-refractivity contribution is 0.415. The number of methoxy groups -OCH3 is 2. The molecule has 0 aliphatic carbocycles. The highest BCUT2D eigenvalue weighted by Gasteiger charge is 2.21. The number of aromatic nitrogens is 2. The van der Waals surface area contributed by atoms with E-state index in [1.807, 2.05) is 48.5 Å². The Morgan fingerprint density at radius 1 is 0.692 bits per heavy atom. The van der Waals surface area contributed by atoms with Gasteiger partial charge in [0.15, 0.2) is 11.4 Å². The van der Waals surface area contributed by atoms with Gasteiger partial charge in [0.1, 0.15) is 35.0 Å². The standard InChI is InChI=1S/C20H14N4O2/c1-25-17-9-5-3-7-13(17)19-20(14-8-4-6-10-18(14)26-2)24-16(12-22)15(11-21)23-19/h3-10H,1-2H3. The molecule has 0 aliphatic rings. The molecule has 0 N–H and O–H groups in total. The van der Waals surface area contributed by atoms with Crippen LogP contribution in [-0.4, -0.2) is 24.2 Å². The van der Waals surface area contributed by atoms with E-state index in [-0.39, 0.29) is 11.4 Å². The molecule has 0 saturated carbocycles. The van der Waals surface area contributed by atoms with Crippen molar-refractivity contribution in [3.63, 3.8) is 0 Å². The average molecular weight is 342 g/mol. The first-order valence-corrected chi connectivity index (χ1v) is 7.72. The van der Waals surface area contributed by atoms with Crippen LogP contribution in [0.25, 0.3) is 22.5 Å². The smallest absolute Gasteiger partial charge is 0.177 e. The monoisotopic (exact) mass is 342 g/mol. The summed E-state index contributed by atoms with van der Waals surface area (Å²) in [5, 5.41) is 18.7. The van der Waals surface area contributed by atoms with E-state index in [2.05, 4.69) is 9.97 Å². The van der Waals surface area contributed by atoms with Gasteiger partial charge in [0.05, 0.1) is 14.2 Å². The number of nitrogens with zero attached hydrogens (tertiary/aromatic N) is 4. The molecule has 3 aromatic rings. The van der Waals surface area contributed by atoms with Crippen molar-refractivity contribution >= 4 is 0 Å². The van der Waals surface area contributed by atoms with Crippen molar-refractivity contribution in [3.8, 4) is 46.2 Å². The molecule has 0 fully saturated rings. The fourth-order valence-electron chi connectivity index (χ4n) is 2.65. The fraction of sp³-hybridized carbons (Fsp3) is 0.100. The molecule has 26 heavy (non-hydrogen) atoms. The summed E-state index contributed by atoms with van der Waals surface area (Å²) in [6.07, 6.45) is 0. The molecule has 1 aromatic heterocycles. The Kier molecular flexibility index (Phi) is 4.78. The number of hydrogen-bond donors (Lipinski definition) is 0. The Hall–Kier alpha value is -3.90. The average Bonchev–Trinajstić information content (AvgIpc) is 2.72. The minimum absolute atomic E-state index is 0.0351. The van der Waals surface area contributed by atoms with Gasteiger partial charge < -0.3 is 9.47 Å². The molecule has 3 rings (SSSR count). The summed E-state index contributed by atoms with van der Waals surface area (Å²) in [4.78, 5) is 8.82. The molecule has 0 unspecified atom stereocenters. The van der Waals surface area contributed by atoms with Gasteiger partial charge in [-0.15, -0.1) is 0 Å². The summed E-state index contributed by atoms with van der Waals surface area (Å²) in [6, 6.07) is 18.5. The van der Waals surface area contributed by atoms with E-state index in [0.29, 0.717) is 34.0 Å². The molecule has 0 bridgehead atoms. The summed E-state index contributed by atoms with van der Waals surface area (Å²) in [5.74, 6) is 1.18. The molecule has 0 atom stereocenters. The van der Waals surface area contributed by atoms with E-state index in [1.165, 1.54) is 0 Å². The van der Waals surface area contributed by atoms with E-state index < -0.39 is 0 Å². The van der Waals surface area contributed by atoms with Gasteiger partial charge in [0, 0.05) is 11.1 Å². The zero-order valence-electron chi connectivity index (χ0n) is 14.2. The topological polar surface area (TPSA) is 91.8 Å². The second-order valence-electron chi connectivity index (χ2n) is 5.24. The third kappa shape index (κ3) is 2.92. The zero-order valence-corrected chi connectivity index (χ0v) is 14.2. The maximum atomic E-state index is 9.35. The lowest BCUT2D eigenvalue weighted by Crippen LogP contribution is -2.03. The van der Waals surface area contributed by atoms with Crippen LogP contribution in [0, 0.1) is 22.7 Å². The molecule has 0 spiro atoms. The zero-order chi connectivity index (χ0) is 18.5. The van der Waals surface area contributed by atoms with E-state index in [9.17, 15) is 10.5 Å². The second kappa shape index (κ2) is 7.33. The Morgan fingerprint density at radius 3 is 1.42 bits per heavy atom.